The van der Waals surface area contributed by atoms with Crippen LogP contribution in [0.3, 0.4) is 0 Å². The Morgan fingerprint density at radius 3 is 2.79 bits per heavy atom. The van der Waals surface area contributed by atoms with Gasteiger partial charge in [0.1, 0.15) is 11.9 Å². The minimum atomic E-state index is -0.310. The summed E-state index contributed by atoms with van der Waals surface area (Å²) in [5.41, 5.74) is 2.51. The molecule has 1 aromatic carbocycles. The largest absolute Gasteiger partial charge is 0.497 e. The van der Waals surface area contributed by atoms with Crippen molar-refractivity contribution in [1.82, 2.24) is 4.98 Å². The Morgan fingerprint density at radius 1 is 1.26 bits per heavy atom. The summed E-state index contributed by atoms with van der Waals surface area (Å²) in [5, 5.41) is 0. The lowest BCUT2D eigenvalue weighted by Crippen LogP contribution is -2.21. The van der Waals surface area contributed by atoms with Crippen LogP contribution in [0.15, 0.2) is 42.7 Å². The topological polar surface area (TPSA) is 48.4 Å². The number of methoxy groups -OCH3 is 1. The van der Waals surface area contributed by atoms with E-state index < -0.39 is 0 Å². The van der Waals surface area contributed by atoms with E-state index in [0.717, 1.165) is 16.9 Å². The van der Waals surface area contributed by atoms with Crippen molar-refractivity contribution in [3.05, 3.63) is 59.4 Å². The summed E-state index contributed by atoms with van der Waals surface area (Å²) >= 11 is 0. The fourth-order valence-electron chi connectivity index (χ4n) is 2.22. The number of carbonyl (C=O) groups excluding carboxylic acids is 1. The monoisotopic (exact) mass is 255 g/mol. The third-order valence-corrected chi connectivity index (χ3v) is 3.27. The van der Waals surface area contributed by atoms with Crippen LogP contribution in [0, 0.1) is 0 Å². The Labute approximate surface area is 111 Å². The second-order valence-electron chi connectivity index (χ2n) is 4.40. The molecule has 0 fully saturated rings. The summed E-state index contributed by atoms with van der Waals surface area (Å²) in [6, 6.07) is 9.44. The molecule has 96 valence electrons. The molecule has 0 aliphatic carbocycles. The van der Waals surface area contributed by atoms with E-state index in [2.05, 4.69) is 4.98 Å². The summed E-state index contributed by atoms with van der Waals surface area (Å²) < 4.78 is 10.6. The van der Waals surface area contributed by atoms with E-state index in [1.807, 2.05) is 30.3 Å². The fourth-order valence-corrected chi connectivity index (χ4v) is 2.22. The maximum absolute atomic E-state index is 11.9. The normalized spacial score (nSPS) is 17.5. The minimum Gasteiger partial charge on any atom is -0.497 e. The van der Waals surface area contributed by atoms with Gasteiger partial charge < -0.3 is 9.47 Å². The zero-order valence-corrected chi connectivity index (χ0v) is 10.5. The molecule has 0 bridgehead atoms. The maximum Gasteiger partial charge on any atom is 0.340 e. The number of nitrogens with zero attached hydrogens (tertiary/aromatic N) is 1. The number of fused-ring (bicyclic) bond motifs is 1. The van der Waals surface area contributed by atoms with Gasteiger partial charge in [0, 0.05) is 18.8 Å². The third kappa shape index (κ3) is 2.17. The van der Waals surface area contributed by atoms with E-state index in [-0.39, 0.29) is 12.1 Å². The smallest absolute Gasteiger partial charge is 0.340 e. The molecule has 3 rings (SSSR count). The first-order chi connectivity index (χ1) is 9.28. The van der Waals surface area contributed by atoms with Crippen LogP contribution in [-0.4, -0.2) is 18.1 Å². The van der Waals surface area contributed by atoms with Gasteiger partial charge in [0.25, 0.3) is 0 Å². The summed E-state index contributed by atoms with van der Waals surface area (Å²) in [6.45, 7) is 0. The molecule has 1 atom stereocenters. The summed E-state index contributed by atoms with van der Waals surface area (Å²) in [7, 11) is 1.62. The molecule has 19 heavy (non-hydrogen) atoms. The predicted molar refractivity (Wildman–Crippen MR) is 69.1 cm³/mol. The van der Waals surface area contributed by atoms with E-state index in [1.165, 1.54) is 0 Å². The van der Waals surface area contributed by atoms with Crippen LogP contribution in [0.4, 0.5) is 0 Å². The Kier molecular flexibility index (Phi) is 2.91. The van der Waals surface area contributed by atoms with Gasteiger partial charge in [-0.05, 0) is 29.3 Å². The van der Waals surface area contributed by atoms with Crippen LogP contribution >= 0.6 is 0 Å². The van der Waals surface area contributed by atoms with Crippen molar-refractivity contribution < 1.29 is 14.3 Å². The van der Waals surface area contributed by atoms with Crippen LogP contribution in [0.1, 0.15) is 27.6 Å². The zero-order chi connectivity index (χ0) is 13.2. The molecule has 2 heterocycles. The Balaban J connectivity index is 1.90. The van der Waals surface area contributed by atoms with Gasteiger partial charge >= 0.3 is 5.97 Å². The molecule has 1 aromatic heterocycles. The molecule has 0 radical (unpaired) electrons. The lowest BCUT2D eigenvalue weighted by Gasteiger charge is -2.24. The van der Waals surface area contributed by atoms with Gasteiger partial charge in [-0.1, -0.05) is 12.1 Å². The highest BCUT2D eigenvalue weighted by atomic mass is 16.5. The lowest BCUT2D eigenvalue weighted by atomic mass is 9.96. The van der Waals surface area contributed by atoms with Gasteiger partial charge in [-0.3, -0.25) is 4.98 Å². The Bertz CT molecular complexity index is 607. The Morgan fingerprint density at radius 2 is 2.05 bits per heavy atom. The molecule has 0 saturated carbocycles. The number of hydrogen-bond donors (Lipinski definition) is 0. The molecule has 4 heteroatoms. The maximum atomic E-state index is 11.9. The van der Waals surface area contributed by atoms with Crippen LogP contribution < -0.4 is 4.74 Å². The fraction of sp³-hybridized carbons (Fsp3) is 0.200. The van der Waals surface area contributed by atoms with Crippen LogP contribution in [0.2, 0.25) is 0 Å². The molecule has 1 aliphatic heterocycles. The van der Waals surface area contributed by atoms with Crippen molar-refractivity contribution in [1.29, 1.82) is 0 Å². The van der Waals surface area contributed by atoms with Crippen molar-refractivity contribution in [2.75, 3.05) is 7.11 Å². The SMILES string of the molecule is COc1ccc(C2Cc3ccncc3C(=O)O2)cc1. The van der Waals surface area contributed by atoms with Crippen molar-refractivity contribution in [2.24, 2.45) is 0 Å². The lowest BCUT2D eigenvalue weighted by molar-refractivity contribution is 0.0252. The van der Waals surface area contributed by atoms with Crippen molar-refractivity contribution in [3.63, 3.8) is 0 Å². The first-order valence-electron chi connectivity index (χ1n) is 6.06. The molecule has 1 unspecified atom stereocenters. The zero-order valence-electron chi connectivity index (χ0n) is 10.5. The van der Waals surface area contributed by atoms with Gasteiger partial charge in [0.2, 0.25) is 0 Å². The standard InChI is InChI=1S/C15H13NO3/c1-18-12-4-2-10(3-5-12)14-8-11-6-7-16-9-13(11)15(17)19-14/h2-7,9,14H,8H2,1H3. The summed E-state index contributed by atoms with van der Waals surface area (Å²) in [6.07, 6.45) is 3.69. The predicted octanol–water partition coefficient (Wildman–Crippen LogP) is 2.54. The van der Waals surface area contributed by atoms with Gasteiger partial charge in [-0.2, -0.15) is 0 Å². The number of hydrogen-bond acceptors (Lipinski definition) is 4. The molecule has 2 aromatic rings. The first-order valence-corrected chi connectivity index (χ1v) is 6.06. The number of rotatable bonds is 2. The number of aromatic nitrogens is 1. The number of benzene rings is 1. The molecule has 4 nitrogen and oxygen atoms in total. The number of pyridine rings is 1. The van der Waals surface area contributed by atoms with E-state index in [0.29, 0.717) is 12.0 Å². The van der Waals surface area contributed by atoms with Gasteiger partial charge in [0.05, 0.1) is 12.7 Å². The quantitative estimate of drug-likeness (QED) is 0.774. The summed E-state index contributed by atoms with van der Waals surface area (Å²) in [4.78, 5) is 15.9. The second kappa shape index (κ2) is 4.72. The average molecular weight is 255 g/mol. The second-order valence-corrected chi connectivity index (χ2v) is 4.40. The number of esters is 1. The molecular formula is C15H13NO3. The Hall–Kier alpha value is -2.36. The highest BCUT2D eigenvalue weighted by Gasteiger charge is 2.27. The van der Waals surface area contributed by atoms with Gasteiger partial charge in [-0.15, -0.1) is 0 Å². The number of ether oxygens (including phenoxy) is 2. The van der Waals surface area contributed by atoms with E-state index in [9.17, 15) is 4.79 Å². The van der Waals surface area contributed by atoms with E-state index in [1.54, 1.807) is 19.5 Å². The van der Waals surface area contributed by atoms with Crippen LogP contribution in [0.5, 0.6) is 5.75 Å². The molecular weight excluding hydrogens is 242 g/mol. The third-order valence-electron chi connectivity index (χ3n) is 3.27. The molecule has 1 aliphatic rings. The van der Waals surface area contributed by atoms with Crippen molar-refractivity contribution in [2.45, 2.75) is 12.5 Å². The highest BCUT2D eigenvalue weighted by Crippen LogP contribution is 2.30. The van der Waals surface area contributed by atoms with E-state index in [4.69, 9.17) is 9.47 Å². The van der Waals surface area contributed by atoms with Crippen molar-refractivity contribution in [3.8, 4) is 5.75 Å². The highest BCUT2D eigenvalue weighted by molar-refractivity contribution is 5.91. The molecule has 0 amide bonds. The van der Waals surface area contributed by atoms with Gasteiger partial charge in [-0.25, -0.2) is 4.79 Å². The number of carbonyl (C=O) groups is 1. The van der Waals surface area contributed by atoms with E-state index >= 15 is 0 Å². The van der Waals surface area contributed by atoms with Crippen LogP contribution in [0.25, 0.3) is 0 Å². The van der Waals surface area contributed by atoms with Gasteiger partial charge in [0.15, 0.2) is 0 Å². The summed E-state index contributed by atoms with van der Waals surface area (Å²) in [5.74, 6) is 0.477. The first kappa shape index (κ1) is 11.7. The molecule has 0 spiro atoms. The molecule has 0 N–H and O–H groups in total. The number of cyclic esters (lactones) is 1. The minimum absolute atomic E-state index is 0.242. The van der Waals surface area contributed by atoms with Crippen molar-refractivity contribution >= 4 is 5.97 Å². The molecule has 0 saturated heterocycles. The average Bonchev–Trinajstić information content (AvgIpc) is 2.47. The van der Waals surface area contributed by atoms with Crippen LogP contribution in [-0.2, 0) is 11.2 Å².